The van der Waals surface area contributed by atoms with Crippen molar-refractivity contribution in [2.45, 2.75) is 38.3 Å². The summed E-state index contributed by atoms with van der Waals surface area (Å²) in [5.74, 6) is -2.34. The number of ketones is 2. The number of allylic oxidation sites excluding steroid dienone is 2. The van der Waals surface area contributed by atoms with Gasteiger partial charge in [-0.2, -0.15) is 13.2 Å². The third-order valence-electron chi connectivity index (χ3n) is 5.11. The van der Waals surface area contributed by atoms with Crippen molar-refractivity contribution in [3.05, 3.63) is 46.7 Å². The first-order valence-corrected chi connectivity index (χ1v) is 8.35. The number of carbonyl (C=O) groups excluding carboxylic acids is 2. The van der Waals surface area contributed by atoms with Crippen molar-refractivity contribution in [1.29, 1.82) is 0 Å². The first-order chi connectivity index (χ1) is 11.8. The summed E-state index contributed by atoms with van der Waals surface area (Å²) >= 11 is 0. The van der Waals surface area contributed by atoms with Crippen molar-refractivity contribution >= 4 is 11.6 Å². The highest BCUT2D eigenvalue weighted by Gasteiger charge is 2.43. The molecule has 134 valence electrons. The molecule has 2 aliphatic carbocycles. The summed E-state index contributed by atoms with van der Waals surface area (Å²) in [6.07, 6.45) is -2.84. The SMILES string of the molecule is COC1=C(CC2CCCC(C(F)(F)F)C2)C(=O)c2ccccc2C1=O. The van der Waals surface area contributed by atoms with Crippen LogP contribution in [0.3, 0.4) is 0 Å². The van der Waals surface area contributed by atoms with E-state index < -0.39 is 12.1 Å². The molecule has 3 rings (SSSR count). The third-order valence-corrected chi connectivity index (χ3v) is 5.11. The van der Waals surface area contributed by atoms with Crippen molar-refractivity contribution < 1.29 is 27.5 Å². The molecular formula is C19H19F3O3. The van der Waals surface area contributed by atoms with Gasteiger partial charge in [-0.15, -0.1) is 0 Å². The van der Waals surface area contributed by atoms with E-state index in [2.05, 4.69) is 0 Å². The van der Waals surface area contributed by atoms with Crippen LogP contribution in [0.5, 0.6) is 0 Å². The van der Waals surface area contributed by atoms with Crippen LogP contribution in [0.25, 0.3) is 0 Å². The highest BCUT2D eigenvalue weighted by Crippen LogP contribution is 2.43. The standard InChI is InChI=1S/C19H19F3O3/c1-25-18-15(10-11-5-4-6-12(9-11)19(20,21)22)16(23)13-7-2-3-8-14(13)17(18)24/h2-3,7-8,11-12H,4-6,9-10H2,1H3. The minimum Gasteiger partial charge on any atom is -0.492 e. The van der Waals surface area contributed by atoms with Crippen LogP contribution in [-0.4, -0.2) is 24.9 Å². The van der Waals surface area contributed by atoms with E-state index >= 15 is 0 Å². The number of carbonyl (C=O) groups is 2. The normalized spacial score (nSPS) is 24.3. The fraction of sp³-hybridized carbons (Fsp3) is 0.474. The Kier molecular flexibility index (Phi) is 4.71. The molecule has 1 aromatic rings. The van der Waals surface area contributed by atoms with Crippen molar-refractivity contribution in [2.75, 3.05) is 7.11 Å². The predicted molar refractivity (Wildman–Crippen MR) is 85.3 cm³/mol. The average Bonchev–Trinajstić information content (AvgIpc) is 2.59. The molecule has 0 saturated heterocycles. The van der Waals surface area contributed by atoms with E-state index in [9.17, 15) is 22.8 Å². The molecule has 1 aromatic carbocycles. The molecule has 6 heteroatoms. The zero-order chi connectivity index (χ0) is 18.2. The van der Waals surface area contributed by atoms with Gasteiger partial charge < -0.3 is 4.74 Å². The van der Waals surface area contributed by atoms with E-state index in [1.54, 1.807) is 24.3 Å². The van der Waals surface area contributed by atoms with Crippen LogP contribution in [0, 0.1) is 11.8 Å². The van der Waals surface area contributed by atoms with Gasteiger partial charge in [0.1, 0.15) is 0 Å². The Balaban J connectivity index is 1.88. The summed E-state index contributed by atoms with van der Waals surface area (Å²) in [7, 11) is 1.31. The van der Waals surface area contributed by atoms with Gasteiger partial charge in [-0.05, 0) is 25.2 Å². The highest BCUT2D eigenvalue weighted by molar-refractivity contribution is 6.26. The average molecular weight is 352 g/mol. The Hall–Kier alpha value is -2.11. The molecule has 1 saturated carbocycles. The number of hydrogen-bond acceptors (Lipinski definition) is 3. The van der Waals surface area contributed by atoms with E-state index in [0.717, 1.165) is 0 Å². The Bertz CT molecular complexity index is 734. The molecule has 0 bridgehead atoms. The molecule has 0 aliphatic heterocycles. The molecule has 2 unspecified atom stereocenters. The number of rotatable bonds is 3. The summed E-state index contributed by atoms with van der Waals surface area (Å²) in [5, 5.41) is 0. The van der Waals surface area contributed by atoms with Crippen molar-refractivity contribution in [1.82, 2.24) is 0 Å². The first kappa shape index (κ1) is 17.7. The van der Waals surface area contributed by atoms with Crippen LogP contribution in [0.15, 0.2) is 35.6 Å². The Morgan fingerprint density at radius 1 is 1.08 bits per heavy atom. The molecule has 0 spiro atoms. The van der Waals surface area contributed by atoms with E-state index in [-0.39, 0.29) is 53.6 Å². The summed E-state index contributed by atoms with van der Waals surface area (Å²) in [6, 6.07) is 6.46. The Labute approximate surface area is 143 Å². The number of ether oxygens (including phenoxy) is 1. The van der Waals surface area contributed by atoms with Crippen LogP contribution >= 0.6 is 0 Å². The number of hydrogen-bond donors (Lipinski definition) is 0. The Morgan fingerprint density at radius 3 is 2.32 bits per heavy atom. The lowest BCUT2D eigenvalue weighted by molar-refractivity contribution is -0.185. The molecule has 0 radical (unpaired) electrons. The third kappa shape index (κ3) is 3.34. The maximum absolute atomic E-state index is 13.0. The summed E-state index contributed by atoms with van der Waals surface area (Å²) in [4.78, 5) is 25.3. The van der Waals surface area contributed by atoms with Gasteiger partial charge in [0.2, 0.25) is 5.78 Å². The monoisotopic (exact) mass is 352 g/mol. The van der Waals surface area contributed by atoms with E-state index in [1.807, 2.05) is 0 Å². The summed E-state index contributed by atoms with van der Waals surface area (Å²) in [5.41, 5.74) is 0.787. The maximum Gasteiger partial charge on any atom is 0.391 e. The molecule has 0 amide bonds. The zero-order valence-electron chi connectivity index (χ0n) is 13.9. The summed E-state index contributed by atoms with van der Waals surface area (Å²) < 4.78 is 44.2. The second-order valence-electron chi connectivity index (χ2n) is 6.69. The van der Waals surface area contributed by atoms with Crippen LogP contribution in [0.1, 0.15) is 52.8 Å². The number of Topliss-reactive ketones (excluding diaryl/α,β-unsaturated/α-hetero) is 2. The van der Waals surface area contributed by atoms with Gasteiger partial charge in [-0.3, -0.25) is 9.59 Å². The number of benzene rings is 1. The number of methoxy groups -OCH3 is 1. The number of fused-ring (bicyclic) bond motifs is 1. The molecule has 0 aromatic heterocycles. The number of alkyl halides is 3. The molecule has 25 heavy (non-hydrogen) atoms. The fourth-order valence-electron chi connectivity index (χ4n) is 3.87. The topological polar surface area (TPSA) is 43.4 Å². The van der Waals surface area contributed by atoms with Gasteiger partial charge in [0, 0.05) is 16.7 Å². The molecule has 0 N–H and O–H groups in total. The highest BCUT2D eigenvalue weighted by atomic mass is 19.4. The van der Waals surface area contributed by atoms with Crippen LogP contribution in [0.2, 0.25) is 0 Å². The lowest BCUT2D eigenvalue weighted by Gasteiger charge is -2.31. The van der Waals surface area contributed by atoms with Gasteiger partial charge in [0.05, 0.1) is 13.0 Å². The smallest absolute Gasteiger partial charge is 0.391 e. The second kappa shape index (κ2) is 6.65. The van der Waals surface area contributed by atoms with Crippen molar-refractivity contribution in [2.24, 2.45) is 11.8 Å². The lowest BCUT2D eigenvalue weighted by atomic mass is 9.75. The lowest BCUT2D eigenvalue weighted by Crippen LogP contribution is -2.30. The van der Waals surface area contributed by atoms with Crippen LogP contribution < -0.4 is 0 Å². The van der Waals surface area contributed by atoms with Crippen molar-refractivity contribution in [3.63, 3.8) is 0 Å². The van der Waals surface area contributed by atoms with Gasteiger partial charge in [-0.1, -0.05) is 37.1 Å². The first-order valence-electron chi connectivity index (χ1n) is 8.35. The minimum absolute atomic E-state index is 0.00683. The predicted octanol–water partition coefficient (Wildman–Crippen LogP) is 4.72. The van der Waals surface area contributed by atoms with Crippen molar-refractivity contribution in [3.8, 4) is 0 Å². The number of halogens is 3. The van der Waals surface area contributed by atoms with E-state index in [4.69, 9.17) is 4.74 Å². The van der Waals surface area contributed by atoms with E-state index in [1.165, 1.54) is 7.11 Å². The molecule has 2 aliphatic rings. The molecule has 2 atom stereocenters. The van der Waals surface area contributed by atoms with Gasteiger partial charge >= 0.3 is 6.18 Å². The van der Waals surface area contributed by atoms with Gasteiger partial charge in [-0.25, -0.2) is 0 Å². The van der Waals surface area contributed by atoms with Gasteiger partial charge in [0.25, 0.3) is 0 Å². The molecule has 3 nitrogen and oxygen atoms in total. The fourth-order valence-corrected chi connectivity index (χ4v) is 3.87. The second-order valence-corrected chi connectivity index (χ2v) is 6.69. The quantitative estimate of drug-likeness (QED) is 0.790. The largest absolute Gasteiger partial charge is 0.492 e. The summed E-state index contributed by atoms with van der Waals surface area (Å²) in [6.45, 7) is 0. The molecule has 0 heterocycles. The van der Waals surface area contributed by atoms with Gasteiger partial charge in [0.15, 0.2) is 11.5 Å². The molecular weight excluding hydrogens is 333 g/mol. The van der Waals surface area contributed by atoms with Crippen LogP contribution in [-0.2, 0) is 4.74 Å². The maximum atomic E-state index is 13.0. The van der Waals surface area contributed by atoms with Crippen LogP contribution in [0.4, 0.5) is 13.2 Å². The molecule has 1 fully saturated rings. The van der Waals surface area contributed by atoms with E-state index in [0.29, 0.717) is 18.4 Å². The zero-order valence-corrected chi connectivity index (χ0v) is 13.9. The Morgan fingerprint density at radius 2 is 1.72 bits per heavy atom. The minimum atomic E-state index is -4.21.